The molecule has 0 aliphatic carbocycles. The number of carbonyl (C=O) groups is 2. The summed E-state index contributed by atoms with van der Waals surface area (Å²) in [6, 6.07) is 5.91. The molecule has 1 aliphatic rings. The van der Waals surface area contributed by atoms with E-state index in [0.29, 0.717) is 6.54 Å². The van der Waals surface area contributed by atoms with Crippen molar-refractivity contribution in [2.45, 2.75) is 13.5 Å². The standard InChI is InChI=1S/C17H24FN3O3/c1-14(22)21(12-15-2-4-16(18)5-3-15)13-17(23)19-6-7-20-8-10-24-11-9-20/h2-5H,6-13H2,1H3,(H,19,23). The van der Waals surface area contributed by atoms with Gasteiger partial charge in [0.05, 0.1) is 19.8 Å². The van der Waals surface area contributed by atoms with Gasteiger partial charge >= 0.3 is 0 Å². The monoisotopic (exact) mass is 337 g/mol. The molecule has 132 valence electrons. The van der Waals surface area contributed by atoms with Gasteiger partial charge in [0, 0.05) is 39.6 Å². The van der Waals surface area contributed by atoms with Crippen LogP contribution in [0.15, 0.2) is 24.3 Å². The Hall–Kier alpha value is -1.99. The minimum atomic E-state index is -0.325. The molecule has 0 spiro atoms. The predicted octanol–water partition coefficient (Wildman–Crippen LogP) is 0.623. The lowest BCUT2D eigenvalue weighted by Crippen LogP contribution is -2.44. The summed E-state index contributed by atoms with van der Waals surface area (Å²) in [5.41, 5.74) is 0.785. The molecule has 0 unspecified atom stereocenters. The first kappa shape index (κ1) is 18.4. The molecule has 0 bridgehead atoms. The fourth-order valence-electron chi connectivity index (χ4n) is 2.50. The van der Waals surface area contributed by atoms with Gasteiger partial charge in [0.25, 0.3) is 0 Å². The molecule has 1 aromatic carbocycles. The number of ether oxygens (including phenoxy) is 1. The topological polar surface area (TPSA) is 61.9 Å². The normalized spacial score (nSPS) is 15.1. The van der Waals surface area contributed by atoms with E-state index in [2.05, 4.69) is 10.2 Å². The van der Waals surface area contributed by atoms with Gasteiger partial charge < -0.3 is 15.0 Å². The molecule has 1 heterocycles. The number of nitrogens with zero attached hydrogens (tertiary/aromatic N) is 2. The zero-order valence-electron chi connectivity index (χ0n) is 14.0. The van der Waals surface area contributed by atoms with E-state index in [1.807, 2.05) is 0 Å². The van der Waals surface area contributed by atoms with E-state index >= 15 is 0 Å². The van der Waals surface area contributed by atoms with Crippen LogP contribution >= 0.6 is 0 Å². The van der Waals surface area contributed by atoms with Crippen LogP contribution in [0.2, 0.25) is 0 Å². The highest BCUT2D eigenvalue weighted by atomic mass is 19.1. The second kappa shape index (κ2) is 9.34. The van der Waals surface area contributed by atoms with Gasteiger partial charge in [-0.2, -0.15) is 0 Å². The Morgan fingerprint density at radius 3 is 2.54 bits per heavy atom. The summed E-state index contributed by atoms with van der Waals surface area (Å²) < 4.78 is 18.2. The summed E-state index contributed by atoms with van der Waals surface area (Å²) in [4.78, 5) is 27.4. The van der Waals surface area contributed by atoms with Gasteiger partial charge in [0.1, 0.15) is 5.82 Å². The minimum Gasteiger partial charge on any atom is -0.379 e. The number of rotatable bonds is 7. The van der Waals surface area contributed by atoms with Crippen molar-refractivity contribution in [3.05, 3.63) is 35.6 Å². The Morgan fingerprint density at radius 2 is 1.92 bits per heavy atom. The number of halogens is 1. The number of hydrogen-bond acceptors (Lipinski definition) is 4. The van der Waals surface area contributed by atoms with E-state index < -0.39 is 0 Å². The van der Waals surface area contributed by atoms with Gasteiger partial charge in [0.2, 0.25) is 11.8 Å². The Morgan fingerprint density at radius 1 is 1.25 bits per heavy atom. The minimum absolute atomic E-state index is 0.00415. The van der Waals surface area contributed by atoms with Crippen molar-refractivity contribution >= 4 is 11.8 Å². The fourth-order valence-corrected chi connectivity index (χ4v) is 2.50. The van der Waals surface area contributed by atoms with Crippen LogP contribution in [0.1, 0.15) is 12.5 Å². The number of amides is 2. The molecule has 1 aliphatic heterocycles. The maximum atomic E-state index is 12.9. The van der Waals surface area contributed by atoms with E-state index in [4.69, 9.17) is 4.74 Å². The van der Waals surface area contributed by atoms with Crippen LogP contribution in [-0.4, -0.2) is 67.6 Å². The Bertz CT molecular complexity index is 545. The summed E-state index contributed by atoms with van der Waals surface area (Å²) >= 11 is 0. The Labute approximate surface area is 141 Å². The lowest BCUT2D eigenvalue weighted by molar-refractivity contribution is -0.134. The largest absolute Gasteiger partial charge is 0.379 e. The molecule has 1 aromatic rings. The predicted molar refractivity (Wildman–Crippen MR) is 87.8 cm³/mol. The van der Waals surface area contributed by atoms with E-state index in [1.54, 1.807) is 12.1 Å². The quantitative estimate of drug-likeness (QED) is 0.792. The molecular weight excluding hydrogens is 313 g/mol. The second-order valence-electron chi connectivity index (χ2n) is 5.81. The molecule has 1 fully saturated rings. The third-order valence-electron chi connectivity index (χ3n) is 3.92. The molecule has 0 radical (unpaired) electrons. The molecular formula is C17H24FN3O3. The molecule has 0 aromatic heterocycles. The number of benzene rings is 1. The van der Waals surface area contributed by atoms with Gasteiger partial charge in [-0.1, -0.05) is 12.1 Å². The summed E-state index contributed by atoms with van der Waals surface area (Å²) in [5, 5.41) is 2.83. The van der Waals surface area contributed by atoms with Gasteiger partial charge in [-0.15, -0.1) is 0 Å². The van der Waals surface area contributed by atoms with Crippen LogP contribution in [0.4, 0.5) is 4.39 Å². The molecule has 6 nitrogen and oxygen atoms in total. The number of morpholine rings is 1. The van der Waals surface area contributed by atoms with Crippen molar-refractivity contribution in [2.75, 3.05) is 45.9 Å². The molecule has 2 amide bonds. The van der Waals surface area contributed by atoms with Gasteiger partial charge in [-0.25, -0.2) is 4.39 Å². The van der Waals surface area contributed by atoms with Crippen LogP contribution < -0.4 is 5.32 Å². The maximum absolute atomic E-state index is 12.9. The molecule has 24 heavy (non-hydrogen) atoms. The first-order chi connectivity index (χ1) is 11.5. The molecule has 0 atom stereocenters. The fraction of sp³-hybridized carbons (Fsp3) is 0.529. The number of nitrogens with one attached hydrogen (secondary N) is 1. The highest BCUT2D eigenvalue weighted by molar-refractivity contribution is 5.83. The van der Waals surface area contributed by atoms with Gasteiger partial charge in [-0.05, 0) is 17.7 Å². The third-order valence-corrected chi connectivity index (χ3v) is 3.92. The van der Waals surface area contributed by atoms with Crippen molar-refractivity contribution in [2.24, 2.45) is 0 Å². The van der Waals surface area contributed by atoms with E-state index in [9.17, 15) is 14.0 Å². The van der Waals surface area contributed by atoms with E-state index in [0.717, 1.165) is 38.4 Å². The van der Waals surface area contributed by atoms with Crippen LogP contribution in [0.5, 0.6) is 0 Å². The van der Waals surface area contributed by atoms with Crippen LogP contribution in [-0.2, 0) is 20.9 Å². The van der Waals surface area contributed by atoms with Crippen molar-refractivity contribution < 1.29 is 18.7 Å². The molecule has 0 saturated carbocycles. The number of hydrogen-bond donors (Lipinski definition) is 1. The molecule has 7 heteroatoms. The Balaban J connectivity index is 1.75. The summed E-state index contributed by atoms with van der Waals surface area (Å²) in [6.45, 7) is 6.22. The highest BCUT2D eigenvalue weighted by Crippen LogP contribution is 2.07. The average molecular weight is 337 g/mol. The van der Waals surface area contributed by atoms with Crippen molar-refractivity contribution in [3.63, 3.8) is 0 Å². The van der Waals surface area contributed by atoms with Crippen molar-refractivity contribution in [1.29, 1.82) is 0 Å². The first-order valence-corrected chi connectivity index (χ1v) is 8.11. The van der Waals surface area contributed by atoms with Crippen molar-refractivity contribution in [3.8, 4) is 0 Å². The molecule has 1 N–H and O–H groups in total. The number of carbonyl (C=O) groups excluding carboxylic acids is 2. The first-order valence-electron chi connectivity index (χ1n) is 8.11. The van der Waals surface area contributed by atoms with E-state index in [1.165, 1.54) is 24.0 Å². The summed E-state index contributed by atoms with van der Waals surface area (Å²) in [6.07, 6.45) is 0. The molecule has 2 rings (SSSR count). The van der Waals surface area contributed by atoms with Crippen LogP contribution in [0.25, 0.3) is 0 Å². The zero-order valence-corrected chi connectivity index (χ0v) is 14.0. The van der Waals surface area contributed by atoms with Gasteiger partial charge in [0.15, 0.2) is 0 Å². The zero-order chi connectivity index (χ0) is 17.4. The Kier molecular flexibility index (Phi) is 7.14. The summed E-state index contributed by atoms with van der Waals surface area (Å²) in [5.74, 6) is -0.711. The van der Waals surface area contributed by atoms with Crippen molar-refractivity contribution in [1.82, 2.24) is 15.1 Å². The second-order valence-corrected chi connectivity index (χ2v) is 5.81. The smallest absolute Gasteiger partial charge is 0.239 e. The van der Waals surface area contributed by atoms with Crippen LogP contribution in [0.3, 0.4) is 0 Å². The highest BCUT2D eigenvalue weighted by Gasteiger charge is 2.15. The average Bonchev–Trinajstić information content (AvgIpc) is 2.57. The third kappa shape index (κ3) is 6.25. The van der Waals surface area contributed by atoms with Crippen LogP contribution in [0, 0.1) is 5.82 Å². The maximum Gasteiger partial charge on any atom is 0.239 e. The van der Waals surface area contributed by atoms with E-state index in [-0.39, 0.29) is 30.7 Å². The molecule has 1 saturated heterocycles. The lowest BCUT2D eigenvalue weighted by Gasteiger charge is -2.26. The van der Waals surface area contributed by atoms with Gasteiger partial charge in [-0.3, -0.25) is 14.5 Å². The summed E-state index contributed by atoms with van der Waals surface area (Å²) in [7, 11) is 0. The SMILES string of the molecule is CC(=O)N(CC(=O)NCCN1CCOCC1)Cc1ccc(F)cc1. The lowest BCUT2D eigenvalue weighted by atomic mass is 10.2.